The zero-order valence-corrected chi connectivity index (χ0v) is 21.0. The number of phenols is 1. The Hall–Kier alpha value is -4.39. The number of nitrogens with one attached hydrogen (secondary N) is 2. The predicted molar refractivity (Wildman–Crippen MR) is 144 cm³/mol. The highest BCUT2D eigenvalue weighted by Gasteiger charge is 2.30. The first kappa shape index (κ1) is 24.3. The number of aryl methyl sites for hydroxylation is 2. The van der Waals surface area contributed by atoms with Crippen LogP contribution in [0.25, 0.3) is 11.3 Å². The molecule has 5 rings (SSSR count). The molecule has 7 heteroatoms. The van der Waals surface area contributed by atoms with Gasteiger partial charge in [-0.15, -0.1) is 0 Å². The van der Waals surface area contributed by atoms with Crippen LogP contribution < -0.4 is 10.6 Å². The zero-order chi connectivity index (χ0) is 25.9. The van der Waals surface area contributed by atoms with Gasteiger partial charge in [-0.3, -0.25) is 4.79 Å². The summed E-state index contributed by atoms with van der Waals surface area (Å²) >= 11 is 0. The van der Waals surface area contributed by atoms with Crippen molar-refractivity contribution in [3.63, 3.8) is 0 Å². The molecule has 1 heterocycles. The fraction of sp³-hybridized carbons (Fsp3) is 0.233. The highest BCUT2D eigenvalue weighted by atomic mass is 16.3. The van der Waals surface area contributed by atoms with Crippen molar-refractivity contribution < 1.29 is 14.7 Å². The van der Waals surface area contributed by atoms with Crippen LogP contribution in [0.5, 0.6) is 5.75 Å². The molecule has 0 unspecified atom stereocenters. The Morgan fingerprint density at radius 3 is 2.35 bits per heavy atom. The maximum absolute atomic E-state index is 13.1. The van der Waals surface area contributed by atoms with E-state index in [9.17, 15) is 14.7 Å². The molecule has 0 bridgehead atoms. The van der Waals surface area contributed by atoms with Crippen LogP contribution in [0.1, 0.15) is 58.4 Å². The summed E-state index contributed by atoms with van der Waals surface area (Å²) < 4.78 is 1.40. The second-order valence-electron chi connectivity index (χ2n) is 9.52. The molecule has 0 spiro atoms. The average Bonchev–Trinajstić information content (AvgIpc) is 3.67. The number of aromatic hydroxyl groups is 1. The Bertz CT molecular complexity index is 1430. The molecule has 1 aliphatic carbocycles. The number of benzene rings is 3. The van der Waals surface area contributed by atoms with Crippen LogP contribution in [0, 0.1) is 6.92 Å². The lowest BCUT2D eigenvalue weighted by Gasteiger charge is -2.09. The SMILES string of the molecule is CCc1ccc(C(=O)Nc2ccc(O)c(-c3cc(C4CC4)n(C(=O)NCc4ccc(C)cc4)n3)c2)cc1. The minimum Gasteiger partial charge on any atom is -0.507 e. The van der Waals surface area contributed by atoms with Gasteiger partial charge in [0.05, 0.1) is 11.4 Å². The molecule has 1 fully saturated rings. The van der Waals surface area contributed by atoms with Crippen LogP contribution >= 0.6 is 0 Å². The smallest absolute Gasteiger partial charge is 0.342 e. The molecule has 7 nitrogen and oxygen atoms in total. The van der Waals surface area contributed by atoms with Gasteiger partial charge in [-0.2, -0.15) is 9.78 Å². The fourth-order valence-electron chi connectivity index (χ4n) is 4.23. The minimum absolute atomic E-state index is 0.0253. The number of phenolic OH excluding ortho intramolecular Hbond substituents is 1. The van der Waals surface area contributed by atoms with E-state index in [4.69, 9.17) is 0 Å². The molecule has 2 amide bonds. The lowest BCUT2D eigenvalue weighted by molar-refractivity contribution is 0.102. The van der Waals surface area contributed by atoms with E-state index in [0.717, 1.165) is 41.6 Å². The summed E-state index contributed by atoms with van der Waals surface area (Å²) in [6.07, 6.45) is 2.90. The molecule has 0 aliphatic heterocycles. The van der Waals surface area contributed by atoms with E-state index >= 15 is 0 Å². The molecule has 1 aliphatic rings. The van der Waals surface area contributed by atoms with Gasteiger partial charge in [0.15, 0.2) is 0 Å². The largest absolute Gasteiger partial charge is 0.507 e. The van der Waals surface area contributed by atoms with E-state index in [1.54, 1.807) is 24.3 Å². The average molecular weight is 495 g/mol. The standard InChI is InChI=1S/C30H30N4O3/c1-3-20-8-10-23(11-9-20)29(36)32-24-14-15-28(35)25(16-24)26-17-27(22-12-13-22)34(33-26)30(37)31-18-21-6-4-19(2)5-7-21/h4-11,14-17,22,35H,3,12-13,18H2,1-2H3,(H,31,37)(H,32,36). The molecular formula is C30H30N4O3. The number of carbonyl (C=O) groups excluding carboxylic acids is 2. The van der Waals surface area contributed by atoms with Gasteiger partial charge < -0.3 is 15.7 Å². The summed E-state index contributed by atoms with van der Waals surface area (Å²) in [6, 6.07) is 21.9. The number of hydrogen-bond donors (Lipinski definition) is 3. The predicted octanol–water partition coefficient (Wildman–Crippen LogP) is 6.01. The minimum atomic E-state index is -0.312. The van der Waals surface area contributed by atoms with Gasteiger partial charge >= 0.3 is 6.03 Å². The third-order valence-electron chi connectivity index (χ3n) is 6.64. The molecule has 0 atom stereocenters. The summed E-state index contributed by atoms with van der Waals surface area (Å²) in [4.78, 5) is 25.8. The molecule has 0 saturated heterocycles. The molecule has 1 aromatic heterocycles. The first-order chi connectivity index (χ1) is 17.9. The monoisotopic (exact) mass is 494 g/mol. The van der Waals surface area contributed by atoms with E-state index in [1.807, 2.05) is 49.4 Å². The first-order valence-electron chi connectivity index (χ1n) is 12.6. The van der Waals surface area contributed by atoms with Crippen molar-refractivity contribution in [1.82, 2.24) is 15.1 Å². The number of carbonyl (C=O) groups is 2. The normalized spacial score (nSPS) is 12.8. The topological polar surface area (TPSA) is 96.2 Å². The van der Waals surface area contributed by atoms with Gasteiger partial charge in [0, 0.05) is 29.3 Å². The maximum Gasteiger partial charge on any atom is 0.342 e. The Balaban J connectivity index is 1.36. The van der Waals surface area contributed by atoms with Gasteiger partial charge in [-0.25, -0.2) is 4.79 Å². The van der Waals surface area contributed by atoms with Crippen molar-refractivity contribution in [2.75, 3.05) is 5.32 Å². The van der Waals surface area contributed by atoms with E-state index in [0.29, 0.717) is 29.1 Å². The van der Waals surface area contributed by atoms with Crippen LogP contribution in [0.15, 0.2) is 72.8 Å². The number of aromatic nitrogens is 2. The lowest BCUT2D eigenvalue weighted by Crippen LogP contribution is -2.30. The van der Waals surface area contributed by atoms with Gasteiger partial charge in [0.2, 0.25) is 0 Å². The number of nitrogens with zero attached hydrogens (tertiary/aromatic N) is 2. The van der Waals surface area contributed by atoms with Gasteiger partial charge in [-0.1, -0.05) is 48.9 Å². The summed E-state index contributed by atoms with van der Waals surface area (Å²) in [6.45, 7) is 4.48. The van der Waals surface area contributed by atoms with Crippen LogP contribution in [0.2, 0.25) is 0 Å². The molecule has 3 N–H and O–H groups in total. The fourth-order valence-corrected chi connectivity index (χ4v) is 4.23. The first-order valence-corrected chi connectivity index (χ1v) is 12.6. The lowest BCUT2D eigenvalue weighted by atomic mass is 10.1. The third kappa shape index (κ3) is 5.56. The summed E-state index contributed by atoms with van der Waals surface area (Å²) in [7, 11) is 0. The summed E-state index contributed by atoms with van der Waals surface area (Å²) in [5.74, 6) is 0.0545. The van der Waals surface area contributed by atoms with Crippen LogP contribution in [0.4, 0.5) is 10.5 Å². The van der Waals surface area contributed by atoms with E-state index in [-0.39, 0.29) is 23.6 Å². The Kier molecular flexibility index (Phi) is 6.77. The molecular weight excluding hydrogens is 464 g/mol. The molecule has 3 aromatic carbocycles. The maximum atomic E-state index is 13.1. The van der Waals surface area contributed by atoms with Crippen molar-refractivity contribution >= 4 is 17.6 Å². The number of anilines is 1. The summed E-state index contributed by atoms with van der Waals surface area (Å²) in [5, 5.41) is 21.0. The van der Waals surface area contributed by atoms with E-state index < -0.39 is 0 Å². The van der Waals surface area contributed by atoms with E-state index in [2.05, 4.69) is 22.7 Å². The molecule has 0 radical (unpaired) electrons. The second-order valence-corrected chi connectivity index (χ2v) is 9.52. The number of amides is 2. The van der Waals surface area contributed by atoms with Crippen LogP contribution in [0.3, 0.4) is 0 Å². The zero-order valence-electron chi connectivity index (χ0n) is 21.0. The molecule has 37 heavy (non-hydrogen) atoms. The van der Waals surface area contributed by atoms with Crippen molar-refractivity contribution in [2.45, 2.75) is 45.6 Å². The number of hydrogen-bond acceptors (Lipinski definition) is 4. The summed E-state index contributed by atoms with van der Waals surface area (Å²) in [5.41, 5.74) is 6.16. The van der Waals surface area contributed by atoms with Crippen molar-refractivity contribution in [3.05, 3.63) is 101 Å². The number of rotatable bonds is 7. The van der Waals surface area contributed by atoms with Crippen molar-refractivity contribution in [3.8, 4) is 17.0 Å². The molecule has 188 valence electrons. The van der Waals surface area contributed by atoms with E-state index in [1.165, 1.54) is 10.7 Å². The van der Waals surface area contributed by atoms with Gasteiger partial charge in [-0.05, 0) is 73.7 Å². The third-order valence-corrected chi connectivity index (χ3v) is 6.64. The quantitative estimate of drug-likeness (QED) is 0.274. The molecule has 1 saturated carbocycles. The highest BCUT2D eigenvalue weighted by molar-refractivity contribution is 6.04. The van der Waals surface area contributed by atoms with Crippen LogP contribution in [-0.2, 0) is 13.0 Å². The highest BCUT2D eigenvalue weighted by Crippen LogP contribution is 2.42. The molecule has 4 aromatic rings. The Labute approximate surface area is 216 Å². The Morgan fingerprint density at radius 2 is 1.68 bits per heavy atom. The van der Waals surface area contributed by atoms with Gasteiger partial charge in [0.1, 0.15) is 5.75 Å². The Morgan fingerprint density at radius 1 is 0.973 bits per heavy atom. The second kappa shape index (κ2) is 10.3. The van der Waals surface area contributed by atoms with Crippen molar-refractivity contribution in [1.29, 1.82) is 0 Å². The van der Waals surface area contributed by atoms with Gasteiger partial charge in [0.25, 0.3) is 5.91 Å². The van der Waals surface area contributed by atoms with Crippen LogP contribution in [-0.4, -0.2) is 26.8 Å². The van der Waals surface area contributed by atoms with Crippen molar-refractivity contribution in [2.24, 2.45) is 0 Å².